The number of rotatable bonds is 4. The second-order valence-corrected chi connectivity index (χ2v) is 6.41. The second-order valence-electron chi connectivity index (χ2n) is 6.41. The summed E-state index contributed by atoms with van der Waals surface area (Å²) in [4.78, 5) is 30.5. The van der Waals surface area contributed by atoms with Crippen LogP contribution in [0.5, 0.6) is 0 Å². The molecule has 0 aliphatic carbocycles. The van der Waals surface area contributed by atoms with Gasteiger partial charge in [0.1, 0.15) is 0 Å². The van der Waals surface area contributed by atoms with Crippen LogP contribution in [-0.4, -0.2) is 18.7 Å². The standard InChI is InChI=1S/C21H20N4O2/c1-3-23-20(26)18-19(25(21(23)27)17-12-8-5-9-13-17)22-14-24(18)15(2)16-10-6-4-7-11-16/h4-15H,3H2,1-2H3. The van der Waals surface area contributed by atoms with E-state index in [1.807, 2.05) is 72.2 Å². The number of aromatic nitrogens is 4. The first-order valence-corrected chi connectivity index (χ1v) is 8.96. The predicted octanol–water partition coefficient (Wildman–Crippen LogP) is 2.98. The molecule has 0 radical (unpaired) electrons. The Balaban J connectivity index is 2.06. The van der Waals surface area contributed by atoms with Gasteiger partial charge in [-0.15, -0.1) is 0 Å². The van der Waals surface area contributed by atoms with Gasteiger partial charge in [-0.25, -0.2) is 14.3 Å². The molecule has 0 bridgehead atoms. The van der Waals surface area contributed by atoms with E-state index in [4.69, 9.17) is 0 Å². The molecule has 6 heteroatoms. The van der Waals surface area contributed by atoms with Crippen LogP contribution in [0.3, 0.4) is 0 Å². The van der Waals surface area contributed by atoms with Crippen molar-refractivity contribution in [3.63, 3.8) is 0 Å². The zero-order valence-corrected chi connectivity index (χ0v) is 15.2. The number of imidazole rings is 1. The van der Waals surface area contributed by atoms with Gasteiger partial charge < -0.3 is 4.57 Å². The summed E-state index contributed by atoms with van der Waals surface area (Å²) in [5, 5.41) is 0. The van der Waals surface area contributed by atoms with Crippen molar-refractivity contribution < 1.29 is 0 Å². The number of nitrogens with zero attached hydrogens (tertiary/aromatic N) is 4. The van der Waals surface area contributed by atoms with E-state index in [1.54, 1.807) is 13.3 Å². The molecule has 4 rings (SSSR count). The number of benzene rings is 2. The average molecular weight is 360 g/mol. The van der Waals surface area contributed by atoms with Gasteiger partial charge in [0.25, 0.3) is 5.56 Å². The first kappa shape index (κ1) is 17.0. The maximum Gasteiger partial charge on any atom is 0.337 e. The van der Waals surface area contributed by atoms with Crippen molar-refractivity contribution >= 4 is 11.2 Å². The van der Waals surface area contributed by atoms with Crippen molar-refractivity contribution in [1.82, 2.24) is 18.7 Å². The molecule has 1 unspecified atom stereocenters. The van der Waals surface area contributed by atoms with Crippen LogP contribution in [0.1, 0.15) is 25.5 Å². The molecule has 0 saturated carbocycles. The summed E-state index contributed by atoms with van der Waals surface area (Å²) in [6, 6.07) is 19.1. The summed E-state index contributed by atoms with van der Waals surface area (Å²) in [5.41, 5.74) is 1.87. The van der Waals surface area contributed by atoms with Gasteiger partial charge in [-0.3, -0.25) is 9.36 Å². The molecule has 2 aromatic heterocycles. The van der Waals surface area contributed by atoms with Crippen molar-refractivity contribution in [1.29, 1.82) is 0 Å². The Morgan fingerprint density at radius 3 is 2.22 bits per heavy atom. The SMILES string of the molecule is CCn1c(=O)c2c(ncn2C(C)c2ccccc2)n(-c2ccccc2)c1=O. The first-order valence-electron chi connectivity index (χ1n) is 8.96. The third-order valence-corrected chi connectivity index (χ3v) is 4.89. The zero-order chi connectivity index (χ0) is 19.0. The molecule has 2 aromatic carbocycles. The van der Waals surface area contributed by atoms with Crippen LogP contribution in [0.4, 0.5) is 0 Å². The third-order valence-electron chi connectivity index (χ3n) is 4.89. The fourth-order valence-electron chi connectivity index (χ4n) is 3.42. The summed E-state index contributed by atoms with van der Waals surface area (Å²) >= 11 is 0. The Morgan fingerprint density at radius 2 is 1.59 bits per heavy atom. The smallest absolute Gasteiger partial charge is 0.317 e. The highest BCUT2D eigenvalue weighted by Gasteiger charge is 2.21. The molecule has 0 spiro atoms. The van der Waals surface area contributed by atoms with Crippen LogP contribution < -0.4 is 11.2 Å². The van der Waals surface area contributed by atoms with Crippen LogP contribution in [0.2, 0.25) is 0 Å². The Hall–Kier alpha value is -3.41. The largest absolute Gasteiger partial charge is 0.337 e. The van der Waals surface area contributed by atoms with Gasteiger partial charge in [-0.1, -0.05) is 48.5 Å². The fourth-order valence-corrected chi connectivity index (χ4v) is 3.42. The van der Waals surface area contributed by atoms with Gasteiger partial charge in [0.15, 0.2) is 11.2 Å². The fraction of sp³-hybridized carbons (Fsp3) is 0.190. The molecule has 6 nitrogen and oxygen atoms in total. The number of hydrogen-bond donors (Lipinski definition) is 0. The molecule has 1 atom stereocenters. The van der Waals surface area contributed by atoms with E-state index < -0.39 is 0 Å². The zero-order valence-electron chi connectivity index (χ0n) is 15.2. The minimum absolute atomic E-state index is 0.0871. The maximum atomic E-state index is 13.1. The Morgan fingerprint density at radius 1 is 0.963 bits per heavy atom. The summed E-state index contributed by atoms with van der Waals surface area (Å²) in [7, 11) is 0. The predicted molar refractivity (Wildman–Crippen MR) is 106 cm³/mol. The summed E-state index contributed by atoms with van der Waals surface area (Å²) in [5.74, 6) is 0. The van der Waals surface area contributed by atoms with Gasteiger partial charge in [0.05, 0.1) is 18.1 Å². The van der Waals surface area contributed by atoms with Crippen molar-refractivity contribution in [2.45, 2.75) is 26.4 Å². The van der Waals surface area contributed by atoms with Crippen LogP contribution in [0.25, 0.3) is 16.9 Å². The minimum atomic E-state index is -0.376. The summed E-state index contributed by atoms with van der Waals surface area (Å²) in [6.07, 6.45) is 1.64. The van der Waals surface area contributed by atoms with Gasteiger partial charge in [0, 0.05) is 6.54 Å². The molecule has 0 aliphatic heterocycles. The Bertz CT molecular complexity index is 1200. The van der Waals surface area contributed by atoms with Crippen LogP contribution >= 0.6 is 0 Å². The quantitative estimate of drug-likeness (QED) is 0.562. The van der Waals surface area contributed by atoms with Crippen LogP contribution in [0, 0.1) is 0 Å². The van der Waals surface area contributed by atoms with E-state index in [0.717, 1.165) is 5.56 Å². The third kappa shape index (κ3) is 2.70. The molecule has 4 aromatic rings. The lowest BCUT2D eigenvalue weighted by Crippen LogP contribution is -2.39. The monoisotopic (exact) mass is 360 g/mol. The molecule has 0 aliphatic rings. The van der Waals surface area contributed by atoms with Crippen LogP contribution in [-0.2, 0) is 6.54 Å². The van der Waals surface area contributed by atoms with Gasteiger partial charge in [-0.05, 0) is 31.5 Å². The van der Waals surface area contributed by atoms with Crippen molar-refractivity contribution in [2.24, 2.45) is 0 Å². The molecule has 0 fully saturated rings. The molecular weight excluding hydrogens is 340 g/mol. The van der Waals surface area contributed by atoms with E-state index in [0.29, 0.717) is 23.4 Å². The number of para-hydroxylation sites is 1. The summed E-state index contributed by atoms with van der Waals surface area (Å²) in [6.45, 7) is 4.11. The lowest BCUT2D eigenvalue weighted by atomic mass is 10.1. The molecular formula is C21H20N4O2. The second kappa shape index (κ2) is 6.72. The van der Waals surface area contributed by atoms with Crippen molar-refractivity contribution in [3.05, 3.63) is 93.4 Å². The molecule has 0 N–H and O–H groups in total. The highest BCUT2D eigenvalue weighted by molar-refractivity contribution is 5.72. The molecule has 27 heavy (non-hydrogen) atoms. The molecule has 0 saturated heterocycles. The van der Waals surface area contributed by atoms with E-state index >= 15 is 0 Å². The van der Waals surface area contributed by atoms with Crippen molar-refractivity contribution in [2.75, 3.05) is 0 Å². The van der Waals surface area contributed by atoms with E-state index in [2.05, 4.69) is 4.98 Å². The topological polar surface area (TPSA) is 61.8 Å². The highest BCUT2D eigenvalue weighted by atomic mass is 16.2. The first-order chi connectivity index (χ1) is 13.1. The molecule has 136 valence electrons. The Labute approximate surface area is 156 Å². The van der Waals surface area contributed by atoms with Gasteiger partial charge >= 0.3 is 5.69 Å². The molecule has 2 heterocycles. The van der Waals surface area contributed by atoms with E-state index in [-0.39, 0.29) is 17.3 Å². The normalized spacial score (nSPS) is 12.4. The van der Waals surface area contributed by atoms with E-state index in [1.165, 1.54) is 9.13 Å². The van der Waals surface area contributed by atoms with Crippen molar-refractivity contribution in [3.8, 4) is 5.69 Å². The van der Waals surface area contributed by atoms with Gasteiger partial charge in [-0.2, -0.15) is 0 Å². The molecule has 0 amide bonds. The maximum absolute atomic E-state index is 13.1. The highest BCUT2D eigenvalue weighted by Crippen LogP contribution is 2.22. The summed E-state index contributed by atoms with van der Waals surface area (Å²) < 4.78 is 4.61. The lowest BCUT2D eigenvalue weighted by Gasteiger charge is -2.16. The van der Waals surface area contributed by atoms with E-state index in [9.17, 15) is 9.59 Å². The number of hydrogen-bond acceptors (Lipinski definition) is 3. The average Bonchev–Trinajstić information content (AvgIpc) is 3.14. The van der Waals surface area contributed by atoms with Crippen LogP contribution in [0.15, 0.2) is 76.6 Å². The minimum Gasteiger partial charge on any atom is -0.317 e. The van der Waals surface area contributed by atoms with Gasteiger partial charge in [0.2, 0.25) is 0 Å². The Kier molecular flexibility index (Phi) is 4.24. The number of fused-ring (bicyclic) bond motifs is 1. The lowest BCUT2D eigenvalue weighted by molar-refractivity contribution is 0.631.